The van der Waals surface area contributed by atoms with Crippen LogP contribution in [0.5, 0.6) is 0 Å². The summed E-state index contributed by atoms with van der Waals surface area (Å²) in [5.74, 6) is 0.598. The normalized spacial score (nSPS) is 10.9. The van der Waals surface area contributed by atoms with E-state index in [9.17, 15) is 0 Å². The SMILES string of the molecule is CCc1c(N)n[nH]c1-c1ccc2ccccc2c1. The van der Waals surface area contributed by atoms with Gasteiger partial charge in [0.2, 0.25) is 0 Å². The molecule has 0 radical (unpaired) electrons. The monoisotopic (exact) mass is 237 g/mol. The van der Waals surface area contributed by atoms with Crippen molar-refractivity contribution in [3.8, 4) is 11.3 Å². The fraction of sp³-hybridized carbons (Fsp3) is 0.133. The molecule has 3 nitrogen and oxygen atoms in total. The van der Waals surface area contributed by atoms with Gasteiger partial charge < -0.3 is 5.73 Å². The molecule has 90 valence electrons. The summed E-state index contributed by atoms with van der Waals surface area (Å²) < 4.78 is 0. The molecule has 0 aliphatic heterocycles. The first-order valence-electron chi connectivity index (χ1n) is 6.11. The summed E-state index contributed by atoms with van der Waals surface area (Å²) in [7, 11) is 0. The van der Waals surface area contributed by atoms with E-state index < -0.39 is 0 Å². The number of nitrogens with one attached hydrogen (secondary N) is 1. The van der Waals surface area contributed by atoms with Gasteiger partial charge in [0.1, 0.15) is 5.82 Å². The van der Waals surface area contributed by atoms with Crippen molar-refractivity contribution < 1.29 is 0 Å². The van der Waals surface area contributed by atoms with E-state index in [1.54, 1.807) is 0 Å². The number of nitrogens with zero attached hydrogens (tertiary/aromatic N) is 1. The van der Waals surface area contributed by atoms with E-state index in [1.807, 2.05) is 12.1 Å². The Hall–Kier alpha value is -2.29. The number of hydrogen-bond donors (Lipinski definition) is 2. The molecule has 0 aliphatic carbocycles. The van der Waals surface area contributed by atoms with Crippen LogP contribution >= 0.6 is 0 Å². The maximum atomic E-state index is 5.86. The first kappa shape index (κ1) is 10.8. The quantitative estimate of drug-likeness (QED) is 0.718. The summed E-state index contributed by atoms with van der Waals surface area (Å²) in [4.78, 5) is 0. The predicted molar refractivity (Wildman–Crippen MR) is 75.3 cm³/mol. The van der Waals surface area contributed by atoms with Crippen molar-refractivity contribution >= 4 is 16.6 Å². The molecular formula is C15H15N3. The molecule has 0 spiro atoms. The molecule has 0 fully saturated rings. The van der Waals surface area contributed by atoms with Gasteiger partial charge in [-0.2, -0.15) is 5.10 Å². The first-order chi connectivity index (χ1) is 8.79. The van der Waals surface area contributed by atoms with Gasteiger partial charge >= 0.3 is 0 Å². The van der Waals surface area contributed by atoms with Crippen molar-refractivity contribution in [1.82, 2.24) is 10.2 Å². The minimum atomic E-state index is 0.598. The standard InChI is InChI=1S/C15H15N3/c1-2-13-14(17-18-15(13)16)12-8-7-10-5-3-4-6-11(10)9-12/h3-9H,2H2,1H3,(H3,16,17,18). The Bertz CT molecular complexity index is 698. The summed E-state index contributed by atoms with van der Waals surface area (Å²) in [5.41, 5.74) is 9.11. The average molecular weight is 237 g/mol. The summed E-state index contributed by atoms with van der Waals surface area (Å²) in [6.07, 6.45) is 0.879. The van der Waals surface area contributed by atoms with Crippen LogP contribution in [0.15, 0.2) is 42.5 Å². The van der Waals surface area contributed by atoms with E-state index in [0.29, 0.717) is 5.82 Å². The lowest BCUT2D eigenvalue weighted by Crippen LogP contribution is -1.90. The minimum absolute atomic E-state index is 0.598. The van der Waals surface area contributed by atoms with Crippen LogP contribution in [0, 0.1) is 0 Å². The van der Waals surface area contributed by atoms with Crippen LogP contribution in [0.2, 0.25) is 0 Å². The predicted octanol–water partition coefficient (Wildman–Crippen LogP) is 3.37. The first-order valence-corrected chi connectivity index (χ1v) is 6.11. The Morgan fingerprint density at radius 3 is 2.67 bits per heavy atom. The van der Waals surface area contributed by atoms with Crippen LogP contribution in [0.25, 0.3) is 22.0 Å². The van der Waals surface area contributed by atoms with Gasteiger partial charge in [-0.25, -0.2) is 0 Å². The molecular weight excluding hydrogens is 222 g/mol. The summed E-state index contributed by atoms with van der Waals surface area (Å²) in [6, 6.07) is 14.7. The molecule has 3 heteroatoms. The van der Waals surface area contributed by atoms with Gasteiger partial charge in [0.05, 0.1) is 5.69 Å². The number of nitrogen functional groups attached to an aromatic ring is 1. The zero-order valence-corrected chi connectivity index (χ0v) is 10.3. The number of nitrogens with two attached hydrogens (primary N) is 1. The van der Waals surface area contributed by atoms with Crippen molar-refractivity contribution in [3.63, 3.8) is 0 Å². The smallest absolute Gasteiger partial charge is 0.149 e. The maximum absolute atomic E-state index is 5.86. The van der Waals surface area contributed by atoms with Gasteiger partial charge in [-0.05, 0) is 23.3 Å². The molecule has 3 rings (SSSR count). The zero-order valence-electron chi connectivity index (χ0n) is 10.3. The van der Waals surface area contributed by atoms with Gasteiger partial charge in [0, 0.05) is 11.1 Å². The number of benzene rings is 2. The summed E-state index contributed by atoms with van der Waals surface area (Å²) in [6.45, 7) is 2.09. The van der Waals surface area contributed by atoms with E-state index in [2.05, 4.69) is 47.5 Å². The Morgan fingerprint density at radius 1 is 1.11 bits per heavy atom. The number of H-pyrrole nitrogens is 1. The molecule has 0 atom stereocenters. The fourth-order valence-corrected chi connectivity index (χ4v) is 2.32. The highest BCUT2D eigenvalue weighted by molar-refractivity contribution is 5.87. The third kappa shape index (κ3) is 1.64. The molecule has 0 unspecified atom stereocenters. The van der Waals surface area contributed by atoms with E-state index in [0.717, 1.165) is 23.2 Å². The number of rotatable bonds is 2. The van der Waals surface area contributed by atoms with E-state index in [-0.39, 0.29) is 0 Å². The molecule has 2 aromatic carbocycles. The molecule has 0 bridgehead atoms. The van der Waals surface area contributed by atoms with E-state index >= 15 is 0 Å². The van der Waals surface area contributed by atoms with Crippen molar-refractivity contribution in [3.05, 3.63) is 48.0 Å². The molecule has 3 aromatic rings. The molecule has 0 amide bonds. The Kier molecular flexibility index (Phi) is 2.52. The minimum Gasteiger partial charge on any atom is -0.382 e. The number of aromatic amines is 1. The topological polar surface area (TPSA) is 54.7 Å². The Labute approximate surface area is 106 Å². The van der Waals surface area contributed by atoms with Crippen LogP contribution < -0.4 is 5.73 Å². The average Bonchev–Trinajstić information content (AvgIpc) is 2.79. The van der Waals surface area contributed by atoms with E-state index in [1.165, 1.54) is 10.8 Å². The number of aromatic nitrogens is 2. The molecule has 0 aliphatic rings. The second-order valence-corrected chi connectivity index (χ2v) is 4.38. The molecule has 1 heterocycles. The lowest BCUT2D eigenvalue weighted by atomic mass is 10.0. The fourth-order valence-electron chi connectivity index (χ4n) is 2.32. The van der Waals surface area contributed by atoms with Crippen LogP contribution in [0.1, 0.15) is 12.5 Å². The number of fused-ring (bicyclic) bond motifs is 1. The largest absolute Gasteiger partial charge is 0.382 e. The van der Waals surface area contributed by atoms with Crippen molar-refractivity contribution in [2.75, 3.05) is 5.73 Å². The van der Waals surface area contributed by atoms with Gasteiger partial charge in [-0.1, -0.05) is 43.3 Å². The molecule has 3 N–H and O–H groups in total. The van der Waals surface area contributed by atoms with Gasteiger partial charge in [0.25, 0.3) is 0 Å². The van der Waals surface area contributed by atoms with E-state index in [4.69, 9.17) is 5.73 Å². The van der Waals surface area contributed by atoms with Crippen LogP contribution in [0.4, 0.5) is 5.82 Å². The van der Waals surface area contributed by atoms with Crippen LogP contribution in [0.3, 0.4) is 0 Å². The number of hydrogen-bond acceptors (Lipinski definition) is 2. The highest BCUT2D eigenvalue weighted by Gasteiger charge is 2.10. The second kappa shape index (κ2) is 4.18. The zero-order chi connectivity index (χ0) is 12.5. The van der Waals surface area contributed by atoms with Gasteiger partial charge in [-0.15, -0.1) is 0 Å². The van der Waals surface area contributed by atoms with Gasteiger partial charge in [0.15, 0.2) is 0 Å². The third-order valence-electron chi connectivity index (χ3n) is 3.29. The second-order valence-electron chi connectivity index (χ2n) is 4.38. The lowest BCUT2D eigenvalue weighted by molar-refractivity contribution is 1.10. The Balaban J connectivity index is 2.19. The highest BCUT2D eigenvalue weighted by atomic mass is 15.2. The molecule has 1 aromatic heterocycles. The molecule has 0 saturated carbocycles. The van der Waals surface area contributed by atoms with Gasteiger partial charge in [-0.3, -0.25) is 5.10 Å². The summed E-state index contributed by atoms with van der Waals surface area (Å²) in [5, 5.41) is 9.60. The molecule has 18 heavy (non-hydrogen) atoms. The highest BCUT2D eigenvalue weighted by Crippen LogP contribution is 2.28. The Morgan fingerprint density at radius 2 is 1.89 bits per heavy atom. The lowest BCUT2D eigenvalue weighted by Gasteiger charge is -2.04. The van der Waals surface area contributed by atoms with Crippen molar-refractivity contribution in [2.45, 2.75) is 13.3 Å². The number of anilines is 1. The maximum Gasteiger partial charge on any atom is 0.149 e. The third-order valence-corrected chi connectivity index (χ3v) is 3.29. The van der Waals surface area contributed by atoms with Crippen molar-refractivity contribution in [2.24, 2.45) is 0 Å². The van der Waals surface area contributed by atoms with Crippen LogP contribution in [-0.2, 0) is 6.42 Å². The molecule has 0 saturated heterocycles. The van der Waals surface area contributed by atoms with Crippen molar-refractivity contribution in [1.29, 1.82) is 0 Å². The summed E-state index contributed by atoms with van der Waals surface area (Å²) >= 11 is 0. The van der Waals surface area contributed by atoms with Crippen LogP contribution in [-0.4, -0.2) is 10.2 Å².